The molecule has 1 atom stereocenters. The van der Waals surface area contributed by atoms with Gasteiger partial charge in [0.2, 0.25) is 0 Å². The summed E-state index contributed by atoms with van der Waals surface area (Å²) in [6, 6.07) is 17.5. The number of benzene rings is 2. The van der Waals surface area contributed by atoms with Gasteiger partial charge in [-0.3, -0.25) is 0 Å². The molecule has 0 radical (unpaired) electrons. The fourth-order valence-electron chi connectivity index (χ4n) is 2.69. The van der Waals surface area contributed by atoms with Crippen LogP contribution in [0.4, 0.5) is 5.69 Å². The van der Waals surface area contributed by atoms with E-state index in [0.29, 0.717) is 6.04 Å². The van der Waals surface area contributed by atoms with E-state index < -0.39 is 0 Å². The molecule has 0 bridgehead atoms. The van der Waals surface area contributed by atoms with Gasteiger partial charge in [-0.05, 0) is 37.7 Å². The van der Waals surface area contributed by atoms with Crippen LogP contribution in [0.5, 0.6) is 5.75 Å². The Hall–Kier alpha value is -2.00. The van der Waals surface area contributed by atoms with Crippen molar-refractivity contribution in [2.24, 2.45) is 0 Å². The van der Waals surface area contributed by atoms with Crippen molar-refractivity contribution in [1.82, 2.24) is 5.32 Å². The van der Waals surface area contributed by atoms with Gasteiger partial charge in [-0.2, -0.15) is 0 Å². The molecule has 0 amide bonds. The zero-order valence-electron chi connectivity index (χ0n) is 12.7. The topological polar surface area (TPSA) is 24.5 Å². The van der Waals surface area contributed by atoms with Gasteiger partial charge < -0.3 is 15.0 Å². The van der Waals surface area contributed by atoms with Gasteiger partial charge >= 0.3 is 0 Å². The lowest BCUT2D eigenvalue weighted by Gasteiger charge is -2.23. The summed E-state index contributed by atoms with van der Waals surface area (Å²) in [5.74, 6) is 1.01. The molecule has 3 rings (SSSR count). The third-order valence-corrected chi connectivity index (χ3v) is 4.14. The monoisotopic (exact) mass is 282 g/mol. The van der Waals surface area contributed by atoms with Crippen molar-refractivity contribution in [1.29, 1.82) is 0 Å². The molecule has 0 spiro atoms. The quantitative estimate of drug-likeness (QED) is 0.934. The predicted molar refractivity (Wildman–Crippen MR) is 86.9 cm³/mol. The van der Waals surface area contributed by atoms with Crippen molar-refractivity contribution in [3.63, 3.8) is 0 Å². The number of para-hydroxylation sites is 1. The van der Waals surface area contributed by atoms with Crippen LogP contribution in [0.1, 0.15) is 24.1 Å². The second-order valence-corrected chi connectivity index (χ2v) is 5.48. The number of nitrogens with one attached hydrogen (secondary N) is 1. The Morgan fingerprint density at radius 3 is 2.62 bits per heavy atom. The second kappa shape index (κ2) is 6.19. The molecule has 110 valence electrons. The molecule has 2 aromatic carbocycles. The Morgan fingerprint density at radius 1 is 1.10 bits per heavy atom. The maximum Gasteiger partial charge on any atom is 0.124 e. The van der Waals surface area contributed by atoms with Crippen LogP contribution in [0.25, 0.3) is 0 Å². The van der Waals surface area contributed by atoms with Crippen LogP contribution in [0, 0.1) is 0 Å². The molecule has 3 heteroatoms. The maximum absolute atomic E-state index is 5.83. The number of hydrogen-bond acceptors (Lipinski definition) is 3. The lowest BCUT2D eigenvalue weighted by atomic mass is 10.1. The normalized spacial score (nSPS) is 15.8. The Bertz CT molecular complexity index is 594. The zero-order valence-corrected chi connectivity index (χ0v) is 12.7. The molecule has 0 saturated carbocycles. The van der Waals surface area contributed by atoms with Crippen molar-refractivity contribution in [2.75, 3.05) is 25.1 Å². The molecule has 1 heterocycles. The first-order valence-electron chi connectivity index (χ1n) is 7.51. The SMILES string of the molecule is CNC(C)c1ccc(N2CCOc3ccccc3C2)cc1. The predicted octanol–water partition coefficient (Wildman–Crippen LogP) is 3.37. The van der Waals surface area contributed by atoms with E-state index in [4.69, 9.17) is 4.74 Å². The van der Waals surface area contributed by atoms with E-state index in [1.54, 1.807) is 0 Å². The van der Waals surface area contributed by atoms with E-state index in [1.165, 1.54) is 16.8 Å². The molecule has 1 N–H and O–H groups in total. The van der Waals surface area contributed by atoms with Crippen molar-refractivity contribution >= 4 is 5.69 Å². The van der Waals surface area contributed by atoms with Crippen LogP contribution >= 0.6 is 0 Å². The number of ether oxygens (including phenoxy) is 1. The first-order valence-corrected chi connectivity index (χ1v) is 7.51. The molecule has 1 aliphatic rings. The molecule has 1 unspecified atom stereocenters. The highest BCUT2D eigenvalue weighted by Crippen LogP contribution is 2.26. The lowest BCUT2D eigenvalue weighted by Crippen LogP contribution is -2.25. The van der Waals surface area contributed by atoms with Gasteiger partial charge in [0.25, 0.3) is 0 Å². The van der Waals surface area contributed by atoms with Gasteiger partial charge in [0.1, 0.15) is 12.4 Å². The summed E-state index contributed by atoms with van der Waals surface area (Å²) in [5, 5.41) is 3.27. The third kappa shape index (κ3) is 3.03. The van der Waals surface area contributed by atoms with Gasteiger partial charge in [0, 0.05) is 23.8 Å². The number of nitrogens with zero attached hydrogens (tertiary/aromatic N) is 1. The molecular formula is C18H22N2O. The first kappa shape index (κ1) is 14.0. The number of hydrogen-bond donors (Lipinski definition) is 1. The van der Waals surface area contributed by atoms with Gasteiger partial charge in [-0.25, -0.2) is 0 Å². The summed E-state index contributed by atoms with van der Waals surface area (Å²) in [6.07, 6.45) is 0. The highest BCUT2D eigenvalue weighted by Gasteiger charge is 2.15. The minimum Gasteiger partial charge on any atom is -0.491 e. The van der Waals surface area contributed by atoms with E-state index in [0.717, 1.165) is 25.4 Å². The Morgan fingerprint density at radius 2 is 1.86 bits per heavy atom. The van der Waals surface area contributed by atoms with Gasteiger partial charge in [-0.1, -0.05) is 30.3 Å². The van der Waals surface area contributed by atoms with Gasteiger partial charge in [0.15, 0.2) is 0 Å². The van der Waals surface area contributed by atoms with E-state index in [-0.39, 0.29) is 0 Å². The molecule has 0 aromatic heterocycles. The minimum absolute atomic E-state index is 0.382. The maximum atomic E-state index is 5.83. The fraction of sp³-hybridized carbons (Fsp3) is 0.333. The molecule has 0 saturated heterocycles. The van der Waals surface area contributed by atoms with Gasteiger partial charge in [0.05, 0.1) is 6.54 Å². The van der Waals surface area contributed by atoms with E-state index in [9.17, 15) is 0 Å². The van der Waals surface area contributed by atoms with Crippen LogP contribution in [-0.2, 0) is 6.54 Å². The van der Waals surface area contributed by atoms with E-state index in [1.807, 2.05) is 13.1 Å². The first-order chi connectivity index (χ1) is 10.3. The van der Waals surface area contributed by atoms with Crippen LogP contribution in [0.2, 0.25) is 0 Å². The van der Waals surface area contributed by atoms with E-state index >= 15 is 0 Å². The zero-order chi connectivity index (χ0) is 14.7. The molecule has 1 aliphatic heterocycles. The van der Waals surface area contributed by atoms with Crippen LogP contribution < -0.4 is 15.0 Å². The average Bonchev–Trinajstić information content (AvgIpc) is 2.76. The second-order valence-electron chi connectivity index (χ2n) is 5.48. The van der Waals surface area contributed by atoms with Crippen LogP contribution in [-0.4, -0.2) is 20.2 Å². The smallest absolute Gasteiger partial charge is 0.124 e. The van der Waals surface area contributed by atoms with E-state index in [2.05, 4.69) is 59.6 Å². The fourth-order valence-corrected chi connectivity index (χ4v) is 2.69. The Labute approximate surface area is 126 Å². The van der Waals surface area contributed by atoms with Crippen molar-refractivity contribution < 1.29 is 4.74 Å². The summed E-state index contributed by atoms with van der Waals surface area (Å²) in [6.45, 7) is 4.71. The van der Waals surface area contributed by atoms with Crippen molar-refractivity contribution in [3.8, 4) is 5.75 Å². The van der Waals surface area contributed by atoms with Crippen molar-refractivity contribution in [2.45, 2.75) is 19.5 Å². The number of rotatable bonds is 3. The van der Waals surface area contributed by atoms with Gasteiger partial charge in [-0.15, -0.1) is 0 Å². The molecule has 2 aromatic rings. The third-order valence-electron chi connectivity index (χ3n) is 4.14. The molecule has 21 heavy (non-hydrogen) atoms. The summed E-state index contributed by atoms with van der Waals surface area (Å²) >= 11 is 0. The van der Waals surface area contributed by atoms with Crippen LogP contribution in [0.15, 0.2) is 48.5 Å². The molecular weight excluding hydrogens is 260 g/mol. The average molecular weight is 282 g/mol. The van der Waals surface area contributed by atoms with Crippen LogP contribution in [0.3, 0.4) is 0 Å². The summed E-state index contributed by atoms with van der Waals surface area (Å²) in [4.78, 5) is 2.37. The molecule has 0 aliphatic carbocycles. The molecule has 0 fully saturated rings. The lowest BCUT2D eigenvalue weighted by molar-refractivity contribution is 0.331. The van der Waals surface area contributed by atoms with Crippen molar-refractivity contribution in [3.05, 3.63) is 59.7 Å². The minimum atomic E-state index is 0.382. The Kier molecular flexibility index (Phi) is 4.11. The standard InChI is InChI=1S/C18H22N2O/c1-14(19-2)15-7-9-17(10-8-15)20-11-12-21-18-6-4-3-5-16(18)13-20/h3-10,14,19H,11-13H2,1-2H3. The number of fused-ring (bicyclic) bond motifs is 1. The highest BCUT2D eigenvalue weighted by molar-refractivity contribution is 5.50. The summed E-state index contributed by atoms with van der Waals surface area (Å²) < 4.78 is 5.83. The summed E-state index contributed by atoms with van der Waals surface area (Å²) in [7, 11) is 1.99. The summed E-state index contributed by atoms with van der Waals surface area (Å²) in [5.41, 5.74) is 3.82. The highest BCUT2D eigenvalue weighted by atomic mass is 16.5. The molecule has 3 nitrogen and oxygen atoms in total. The Balaban J connectivity index is 1.81. The largest absolute Gasteiger partial charge is 0.491 e. The number of anilines is 1.